The molecule has 0 radical (unpaired) electrons. The Morgan fingerprint density at radius 1 is 0.886 bits per heavy atom. The third-order valence-corrected chi connectivity index (χ3v) is 5.77. The van der Waals surface area contributed by atoms with E-state index in [9.17, 15) is 9.59 Å². The van der Waals surface area contributed by atoms with Crippen LogP contribution < -0.4 is 16.0 Å². The van der Waals surface area contributed by atoms with Crippen molar-refractivity contribution in [2.24, 2.45) is 5.92 Å². The van der Waals surface area contributed by atoms with Crippen molar-refractivity contribution in [3.63, 3.8) is 0 Å². The first-order chi connectivity index (χ1) is 17.1. The van der Waals surface area contributed by atoms with Crippen molar-refractivity contribution in [2.45, 2.75) is 19.3 Å². The first-order valence-corrected chi connectivity index (χ1v) is 11.8. The van der Waals surface area contributed by atoms with Crippen molar-refractivity contribution < 1.29 is 14.3 Å². The number of nitrogens with zero attached hydrogens (tertiary/aromatic N) is 1. The third kappa shape index (κ3) is 8.08. The number of carbonyl (C=O) groups excluding carboxylic acids is 2. The molecule has 0 unspecified atom stereocenters. The van der Waals surface area contributed by atoms with E-state index in [0.29, 0.717) is 12.5 Å². The lowest BCUT2D eigenvalue weighted by Gasteiger charge is -2.22. The van der Waals surface area contributed by atoms with Crippen LogP contribution in [0, 0.1) is 5.92 Å². The lowest BCUT2D eigenvalue weighted by atomic mass is 10.0. The van der Waals surface area contributed by atoms with Gasteiger partial charge < -0.3 is 20.7 Å². The average Bonchev–Trinajstić information content (AvgIpc) is 2.88. The van der Waals surface area contributed by atoms with E-state index in [1.165, 1.54) is 0 Å². The highest BCUT2D eigenvalue weighted by Gasteiger charge is 2.14. The number of hydrogen-bond donors (Lipinski definition) is 3. The van der Waals surface area contributed by atoms with Gasteiger partial charge in [0.25, 0.3) is 0 Å². The van der Waals surface area contributed by atoms with Crippen molar-refractivity contribution in [2.75, 3.05) is 30.4 Å². The maximum Gasteiger partial charge on any atom is 0.319 e. The molecule has 0 spiro atoms. The predicted octanol–water partition coefficient (Wildman–Crippen LogP) is 4.98. The Bertz CT molecular complexity index is 1140. The van der Waals surface area contributed by atoms with Gasteiger partial charge in [-0.2, -0.15) is 0 Å². The molecule has 0 atom stereocenters. The molecular weight excluding hydrogens is 440 g/mol. The van der Waals surface area contributed by atoms with Gasteiger partial charge in [-0.1, -0.05) is 42.5 Å². The van der Waals surface area contributed by atoms with E-state index < -0.39 is 0 Å². The first kappa shape index (κ1) is 24.2. The summed E-state index contributed by atoms with van der Waals surface area (Å²) in [5, 5.41) is 8.74. The van der Waals surface area contributed by atoms with Crippen LogP contribution in [0.15, 0.2) is 72.9 Å². The van der Waals surface area contributed by atoms with E-state index in [4.69, 9.17) is 4.74 Å². The molecule has 3 amide bonds. The smallest absolute Gasteiger partial charge is 0.319 e. The molecule has 1 fully saturated rings. The number of nitrogens with one attached hydrogen (secondary N) is 3. The standard InChI is InChI=1S/C28H30N4O3/c33-27(19-25-5-1-2-15-29-25)31-26-6-3-4-22(18-26)8-7-21-9-11-24(12-10-21)32-28(34)30-20-23-13-16-35-17-14-23/h1-12,15,18,23H,13-14,16-17,19-20H2,(H,31,33)(H2,30,32,34)/b8-7+. The lowest BCUT2D eigenvalue weighted by Crippen LogP contribution is -2.35. The van der Waals surface area contributed by atoms with Crippen molar-refractivity contribution in [1.29, 1.82) is 0 Å². The fraction of sp³-hybridized carbons (Fsp3) is 0.250. The Kier molecular flexibility index (Phi) is 8.62. The molecular formula is C28H30N4O3. The molecule has 4 rings (SSSR count). The molecule has 3 N–H and O–H groups in total. The maximum atomic E-state index is 12.3. The minimum absolute atomic E-state index is 0.107. The number of amides is 3. The van der Waals surface area contributed by atoms with Gasteiger partial charge in [0.1, 0.15) is 0 Å². The van der Waals surface area contributed by atoms with E-state index in [2.05, 4.69) is 20.9 Å². The summed E-state index contributed by atoms with van der Waals surface area (Å²) in [6.45, 7) is 2.21. The van der Waals surface area contributed by atoms with Crippen LogP contribution in [0.25, 0.3) is 12.2 Å². The largest absolute Gasteiger partial charge is 0.381 e. The van der Waals surface area contributed by atoms with E-state index in [0.717, 1.165) is 54.3 Å². The van der Waals surface area contributed by atoms with Gasteiger partial charge in [-0.3, -0.25) is 9.78 Å². The summed E-state index contributed by atoms with van der Waals surface area (Å²) in [6.07, 6.45) is 7.86. The fourth-order valence-electron chi connectivity index (χ4n) is 3.83. The highest BCUT2D eigenvalue weighted by molar-refractivity contribution is 5.92. The second-order valence-electron chi connectivity index (χ2n) is 8.52. The molecule has 7 heteroatoms. The van der Waals surface area contributed by atoms with Crippen LogP contribution in [-0.4, -0.2) is 36.7 Å². The van der Waals surface area contributed by atoms with Gasteiger partial charge in [-0.15, -0.1) is 0 Å². The molecule has 0 bridgehead atoms. The Hall–Kier alpha value is -3.97. The Morgan fingerprint density at radius 3 is 2.46 bits per heavy atom. The van der Waals surface area contributed by atoms with Gasteiger partial charge in [0.2, 0.25) is 5.91 Å². The van der Waals surface area contributed by atoms with Gasteiger partial charge >= 0.3 is 6.03 Å². The maximum absolute atomic E-state index is 12.3. The van der Waals surface area contributed by atoms with Gasteiger partial charge in [0.15, 0.2) is 0 Å². The van der Waals surface area contributed by atoms with Crippen molar-refractivity contribution >= 4 is 35.5 Å². The van der Waals surface area contributed by atoms with Crippen LogP contribution in [0.1, 0.15) is 29.7 Å². The number of aromatic nitrogens is 1. The summed E-state index contributed by atoms with van der Waals surface area (Å²) in [7, 11) is 0. The van der Waals surface area contributed by atoms with Crippen LogP contribution in [0.3, 0.4) is 0 Å². The molecule has 2 heterocycles. The second-order valence-corrected chi connectivity index (χ2v) is 8.52. The van der Waals surface area contributed by atoms with Crippen LogP contribution in [0.5, 0.6) is 0 Å². The topological polar surface area (TPSA) is 92.4 Å². The Labute approximate surface area is 205 Å². The zero-order valence-electron chi connectivity index (χ0n) is 19.6. The van der Waals surface area contributed by atoms with E-state index in [1.54, 1.807) is 6.20 Å². The Morgan fingerprint density at radius 2 is 1.69 bits per heavy atom. The highest BCUT2D eigenvalue weighted by Crippen LogP contribution is 2.17. The van der Waals surface area contributed by atoms with Crippen molar-refractivity contribution in [3.05, 3.63) is 89.7 Å². The SMILES string of the molecule is O=C(Cc1ccccn1)Nc1cccc(/C=C/c2ccc(NC(=O)NCC3CCOCC3)cc2)c1. The molecule has 1 saturated heterocycles. The summed E-state index contributed by atoms with van der Waals surface area (Å²) < 4.78 is 5.35. The predicted molar refractivity (Wildman–Crippen MR) is 139 cm³/mol. The summed E-state index contributed by atoms with van der Waals surface area (Å²) in [5.41, 5.74) is 4.18. The molecule has 0 saturated carbocycles. The summed E-state index contributed by atoms with van der Waals surface area (Å²) in [6, 6.07) is 20.6. The molecule has 7 nitrogen and oxygen atoms in total. The van der Waals surface area contributed by atoms with Crippen LogP contribution in [0.4, 0.5) is 16.2 Å². The van der Waals surface area contributed by atoms with E-state index in [1.807, 2.05) is 78.9 Å². The summed E-state index contributed by atoms with van der Waals surface area (Å²) >= 11 is 0. The number of carbonyl (C=O) groups is 2. The Balaban J connectivity index is 1.26. The monoisotopic (exact) mass is 470 g/mol. The van der Waals surface area contributed by atoms with Crippen LogP contribution >= 0.6 is 0 Å². The number of ether oxygens (including phenoxy) is 1. The molecule has 1 aliphatic heterocycles. The molecule has 180 valence electrons. The molecule has 35 heavy (non-hydrogen) atoms. The first-order valence-electron chi connectivity index (χ1n) is 11.8. The zero-order chi connectivity index (χ0) is 24.3. The van der Waals surface area contributed by atoms with Gasteiger partial charge in [-0.25, -0.2) is 4.79 Å². The molecule has 3 aromatic rings. The zero-order valence-corrected chi connectivity index (χ0v) is 19.6. The summed E-state index contributed by atoms with van der Waals surface area (Å²) in [4.78, 5) is 28.6. The van der Waals surface area contributed by atoms with Crippen molar-refractivity contribution in [3.8, 4) is 0 Å². The minimum atomic E-state index is -0.193. The lowest BCUT2D eigenvalue weighted by molar-refractivity contribution is -0.115. The van der Waals surface area contributed by atoms with E-state index >= 15 is 0 Å². The quantitative estimate of drug-likeness (QED) is 0.405. The molecule has 0 aliphatic carbocycles. The molecule has 1 aliphatic rings. The fourth-order valence-corrected chi connectivity index (χ4v) is 3.83. The van der Waals surface area contributed by atoms with Gasteiger partial charge in [-0.05, 0) is 66.3 Å². The highest BCUT2D eigenvalue weighted by atomic mass is 16.5. The molecule has 1 aromatic heterocycles. The minimum Gasteiger partial charge on any atom is -0.381 e. The van der Waals surface area contributed by atoms with E-state index in [-0.39, 0.29) is 18.4 Å². The summed E-state index contributed by atoms with van der Waals surface area (Å²) in [5.74, 6) is 0.374. The van der Waals surface area contributed by atoms with Crippen LogP contribution in [0.2, 0.25) is 0 Å². The van der Waals surface area contributed by atoms with Crippen molar-refractivity contribution in [1.82, 2.24) is 10.3 Å². The number of anilines is 2. The molecule has 2 aromatic carbocycles. The average molecular weight is 471 g/mol. The number of pyridine rings is 1. The number of rotatable bonds is 8. The van der Waals surface area contributed by atoms with Gasteiger partial charge in [0.05, 0.1) is 6.42 Å². The second kappa shape index (κ2) is 12.5. The third-order valence-electron chi connectivity index (χ3n) is 5.77. The number of benzene rings is 2. The number of hydrogen-bond acceptors (Lipinski definition) is 4. The number of urea groups is 1. The van der Waals surface area contributed by atoms with Gasteiger partial charge in [0, 0.05) is 43.0 Å². The normalized spacial score (nSPS) is 13.9. The van der Waals surface area contributed by atoms with Crippen LogP contribution in [-0.2, 0) is 16.0 Å².